The Bertz CT molecular complexity index is 445. The summed E-state index contributed by atoms with van der Waals surface area (Å²) in [5.74, 6) is 0.144. The number of hydrogen-bond donors (Lipinski definition) is 3. The Kier molecular flexibility index (Phi) is 5.88. The van der Waals surface area contributed by atoms with Crippen molar-refractivity contribution in [3.8, 4) is 0 Å². The number of hydrogen-bond acceptors (Lipinski definition) is 5. The number of aliphatic hydroxyl groups is 1. The highest BCUT2D eigenvalue weighted by atomic mass is 32.1. The monoisotopic (exact) mass is 300 g/mol. The highest BCUT2D eigenvalue weighted by Crippen LogP contribution is 2.25. The number of carbonyl (C=O) groups is 1. The van der Waals surface area contributed by atoms with Crippen LogP contribution >= 0.6 is 11.3 Å². The third-order valence-electron chi connectivity index (χ3n) is 3.13. The Morgan fingerprint density at radius 2 is 2.05 bits per heavy atom. The van der Waals surface area contributed by atoms with Gasteiger partial charge in [-0.05, 0) is 12.3 Å². The molecule has 1 aromatic rings. The van der Waals surface area contributed by atoms with Gasteiger partial charge >= 0.3 is 6.03 Å². The third kappa shape index (κ3) is 4.72. The molecule has 1 unspecified atom stereocenters. The molecule has 1 atom stereocenters. The maximum Gasteiger partial charge on any atom is 0.321 e. The summed E-state index contributed by atoms with van der Waals surface area (Å²) in [6.45, 7) is 10.1. The SMILES string of the molecule is CCc1nnc(NC(=O)NCC(C)(C)C(O)C(C)C)s1. The van der Waals surface area contributed by atoms with Gasteiger partial charge in [-0.15, -0.1) is 10.2 Å². The van der Waals surface area contributed by atoms with Gasteiger partial charge in [-0.3, -0.25) is 5.32 Å². The summed E-state index contributed by atoms with van der Waals surface area (Å²) in [4.78, 5) is 11.8. The predicted octanol–water partition coefficient (Wildman–Crippen LogP) is 2.27. The molecule has 0 radical (unpaired) electrons. The molecule has 1 heterocycles. The molecule has 3 N–H and O–H groups in total. The van der Waals surface area contributed by atoms with E-state index >= 15 is 0 Å². The maximum atomic E-state index is 11.8. The van der Waals surface area contributed by atoms with Gasteiger partial charge in [-0.2, -0.15) is 0 Å². The first-order valence-electron chi connectivity index (χ1n) is 6.81. The topological polar surface area (TPSA) is 87.1 Å². The fourth-order valence-electron chi connectivity index (χ4n) is 1.90. The lowest BCUT2D eigenvalue weighted by Crippen LogP contribution is -2.44. The first-order chi connectivity index (χ1) is 9.26. The smallest absolute Gasteiger partial charge is 0.321 e. The van der Waals surface area contributed by atoms with Crippen molar-refractivity contribution in [3.63, 3.8) is 0 Å². The molecule has 2 amide bonds. The number of nitrogens with zero attached hydrogens (tertiary/aromatic N) is 2. The molecule has 20 heavy (non-hydrogen) atoms. The van der Waals surface area contributed by atoms with Crippen molar-refractivity contribution in [2.24, 2.45) is 11.3 Å². The predicted molar refractivity (Wildman–Crippen MR) is 80.9 cm³/mol. The zero-order valence-corrected chi connectivity index (χ0v) is 13.5. The van der Waals surface area contributed by atoms with Crippen LogP contribution in [0.1, 0.15) is 39.6 Å². The van der Waals surface area contributed by atoms with Crippen molar-refractivity contribution in [2.75, 3.05) is 11.9 Å². The first kappa shape index (κ1) is 16.8. The Balaban J connectivity index is 2.47. The number of urea groups is 1. The van der Waals surface area contributed by atoms with Crippen molar-refractivity contribution in [1.29, 1.82) is 0 Å². The lowest BCUT2D eigenvalue weighted by Gasteiger charge is -2.33. The van der Waals surface area contributed by atoms with Gasteiger partial charge in [0, 0.05) is 12.0 Å². The summed E-state index contributed by atoms with van der Waals surface area (Å²) >= 11 is 1.36. The minimum absolute atomic E-state index is 0.144. The molecular formula is C13H24N4O2S. The zero-order chi connectivity index (χ0) is 15.3. The van der Waals surface area contributed by atoms with Gasteiger partial charge in [0.2, 0.25) is 5.13 Å². The van der Waals surface area contributed by atoms with Crippen molar-refractivity contribution in [2.45, 2.75) is 47.1 Å². The molecular weight excluding hydrogens is 276 g/mol. The van der Waals surface area contributed by atoms with Crippen LogP contribution in [0.4, 0.5) is 9.93 Å². The van der Waals surface area contributed by atoms with E-state index in [1.165, 1.54) is 11.3 Å². The van der Waals surface area contributed by atoms with Gasteiger partial charge in [0.05, 0.1) is 6.10 Å². The number of aromatic nitrogens is 2. The fourth-order valence-corrected chi connectivity index (χ4v) is 2.58. The summed E-state index contributed by atoms with van der Waals surface area (Å²) in [5, 5.41) is 24.7. The Morgan fingerprint density at radius 1 is 1.40 bits per heavy atom. The summed E-state index contributed by atoms with van der Waals surface area (Å²) in [6.07, 6.45) is 0.324. The van der Waals surface area contributed by atoms with Crippen molar-refractivity contribution in [1.82, 2.24) is 15.5 Å². The molecule has 114 valence electrons. The molecule has 7 heteroatoms. The molecule has 0 aromatic carbocycles. The van der Waals surface area contributed by atoms with E-state index in [1.807, 2.05) is 34.6 Å². The van der Waals surface area contributed by atoms with Gasteiger partial charge in [-0.25, -0.2) is 4.79 Å². The second kappa shape index (κ2) is 6.99. The van der Waals surface area contributed by atoms with E-state index in [0.717, 1.165) is 11.4 Å². The van der Waals surface area contributed by atoms with E-state index in [9.17, 15) is 9.90 Å². The number of rotatable bonds is 6. The lowest BCUT2D eigenvalue weighted by molar-refractivity contribution is 0.0154. The quantitative estimate of drug-likeness (QED) is 0.752. The second-order valence-corrected chi connectivity index (χ2v) is 6.90. The number of aliphatic hydroxyl groups excluding tert-OH is 1. The van der Waals surface area contributed by atoms with Crippen molar-refractivity contribution in [3.05, 3.63) is 5.01 Å². The summed E-state index contributed by atoms with van der Waals surface area (Å²) in [5.41, 5.74) is -0.388. The van der Waals surface area contributed by atoms with Crippen LogP contribution in [0.3, 0.4) is 0 Å². The van der Waals surface area contributed by atoms with Crippen LogP contribution in [0.25, 0.3) is 0 Å². The van der Waals surface area contributed by atoms with Crippen molar-refractivity contribution >= 4 is 22.5 Å². The van der Waals surface area contributed by atoms with Crippen LogP contribution in [0.2, 0.25) is 0 Å². The highest BCUT2D eigenvalue weighted by Gasteiger charge is 2.30. The van der Waals surface area contributed by atoms with E-state index < -0.39 is 6.10 Å². The van der Waals surface area contributed by atoms with E-state index in [0.29, 0.717) is 11.7 Å². The molecule has 0 bridgehead atoms. The van der Waals surface area contributed by atoms with Crippen LogP contribution in [0, 0.1) is 11.3 Å². The molecule has 6 nitrogen and oxygen atoms in total. The number of carbonyl (C=O) groups excluding carboxylic acids is 1. The molecule has 0 fully saturated rings. The van der Waals surface area contributed by atoms with Crippen LogP contribution in [-0.4, -0.2) is 34.0 Å². The molecule has 1 rings (SSSR count). The fraction of sp³-hybridized carbons (Fsp3) is 0.769. The summed E-state index contributed by atoms with van der Waals surface area (Å²) in [6, 6.07) is -0.326. The van der Waals surface area contributed by atoms with E-state index in [4.69, 9.17) is 0 Å². The minimum Gasteiger partial charge on any atom is -0.392 e. The van der Waals surface area contributed by atoms with Crippen LogP contribution in [0.15, 0.2) is 0 Å². The van der Waals surface area contributed by atoms with Gasteiger partial charge < -0.3 is 10.4 Å². The average Bonchev–Trinajstić information content (AvgIpc) is 2.83. The Morgan fingerprint density at radius 3 is 2.55 bits per heavy atom. The first-order valence-corrected chi connectivity index (χ1v) is 7.63. The van der Waals surface area contributed by atoms with Gasteiger partial charge in [-0.1, -0.05) is 46.0 Å². The summed E-state index contributed by atoms with van der Waals surface area (Å²) in [7, 11) is 0. The molecule has 0 aliphatic heterocycles. The molecule has 0 aliphatic carbocycles. The molecule has 0 aliphatic rings. The number of aryl methyl sites for hydroxylation is 1. The number of anilines is 1. The van der Waals surface area contributed by atoms with E-state index in [1.54, 1.807) is 0 Å². The summed E-state index contributed by atoms with van der Waals surface area (Å²) < 4.78 is 0. The molecule has 0 saturated heterocycles. The number of amides is 2. The molecule has 0 spiro atoms. The largest absolute Gasteiger partial charge is 0.392 e. The van der Waals surface area contributed by atoms with Gasteiger partial charge in [0.1, 0.15) is 5.01 Å². The molecule has 0 saturated carbocycles. The minimum atomic E-state index is -0.476. The number of nitrogens with one attached hydrogen (secondary N) is 2. The third-order valence-corrected chi connectivity index (χ3v) is 4.11. The lowest BCUT2D eigenvalue weighted by atomic mass is 9.81. The molecule has 1 aromatic heterocycles. The normalized spacial score (nSPS) is 13.3. The van der Waals surface area contributed by atoms with Gasteiger partial charge in [0.15, 0.2) is 0 Å². The maximum absolute atomic E-state index is 11.8. The van der Waals surface area contributed by atoms with Crippen LogP contribution in [0.5, 0.6) is 0 Å². The van der Waals surface area contributed by atoms with E-state index in [-0.39, 0.29) is 17.4 Å². The second-order valence-electron chi connectivity index (χ2n) is 5.84. The van der Waals surface area contributed by atoms with E-state index in [2.05, 4.69) is 20.8 Å². The standard InChI is InChI=1S/C13H24N4O2S/c1-6-9-16-17-12(20-9)15-11(19)14-7-13(4,5)10(18)8(2)3/h8,10,18H,6-7H2,1-5H3,(H2,14,15,17,19). The highest BCUT2D eigenvalue weighted by molar-refractivity contribution is 7.15. The van der Waals surface area contributed by atoms with Gasteiger partial charge in [0.25, 0.3) is 0 Å². The average molecular weight is 300 g/mol. The Hall–Kier alpha value is -1.21. The van der Waals surface area contributed by atoms with Crippen LogP contribution in [-0.2, 0) is 6.42 Å². The Labute approximate surface area is 124 Å². The van der Waals surface area contributed by atoms with Crippen molar-refractivity contribution < 1.29 is 9.90 Å². The van der Waals surface area contributed by atoms with Crippen LogP contribution < -0.4 is 10.6 Å². The zero-order valence-electron chi connectivity index (χ0n) is 12.7.